The molecule has 8 nitrogen and oxygen atoms in total. The van der Waals surface area contributed by atoms with Crippen molar-refractivity contribution in [2.45, 2.75) is 25.3 Å². The van der Waals surface area contributed by atoms with E-state index in [2.05, 4.69) is 15.3 Å². The predicted molar refractivity (Wildman–Crippen MR) is 69.3 cm³/mol. The Morgan fingerprint density at radius 2 is 2.32 bits per heavy atom. The van der Waals surface area contributed by atoms with Crippen molar-refractivity contribution in [2.24, 2.45) is 5.11 Å². The third kappa shape index (κ3) is 4.38. The van der Waals surface area contributed by atoms with Crippen molar-refractivity contribution in [3.8, 4) is 0 Å². The maximum Gasteiger partial charge on any atom is 0.327 e. The molecular weight excluding hydrogens is 272 g/mol. The smallest absolute Gasteiger partial charge is 0.327 e. The normalized spacial score (nSPS) is 25.3. The van der Waals surface area contributed by atoms with E-state index in [1.807, 2.05) is 0 Å². The fraction of sp³-hybridized carbons (Fsp3) is 0.900. The van der Waals surface area contributed by atoms with Crippen LogP contribution < -0.4 is 5.32 Å². The molecule has 1 aliphatic rings. The maximum absolute atomic E-state index is 12.0. The summed E-state index contributed by atoms with van der Waals surface area (Å²) in [5, 5.41) is 6.24. The first-order valence-electron chi connectivity index (χ1n) is 6.09. The molecule has 0 aromatic rings. The van der Waals surface area contributed by atoms with Gasteiger partial charge in [0.1, 0.15) is 5.54 Å². The van der Waals surface area contributed by atoms with Crippen molar-refractivity contribution in [3.05, 3.63) is 10.4 Å². The van der Waals surface area contributed by atoms with Gasteiger partial charge in [-0.25, -0.2) is 8.42 Å². The molecule has 108 valence electrons. The Morgan fingerprint density at radius 1 is 1.58 bits per heavy atom. The Bertz CT molecular complexity index is 472. The lowest BCUT2D eigenvalue weighted by molar-refractivity contribution is -0.150. The second-order valence-corrected chi connectivity index (χ2v) is 6.56. The number of nitrogens with zero attached hydrogens (tertiary/aromatic N) is 3. The van der Waals surface area contributed by atoms with Crippen LogP contribution >= 0.6 is 0 Å². The molecule has 0 amide bonds. The number of carbonyl (C=O) groups is 1. The van der Waals surface area contributed by atoms with Crippen LogP contribution in [0.5, 0.6) is 0 Å². The fourth-order valence-electron chi connectivity index (χ4n) is 2.15. The molecule has 1 fully saturated rings. The molecule has 1 saturated heterocycles. The summed E-state index contributed by atoms with van der Waals surface area (Å²) in [4.78, 5) is 14.6. The zero-order valence-corrected chi connectivity index (χ0v) is 11.6. The number of ether oxygens (including phenoxy) is 1. The fourth-order valence-corrected chi connectivity index (χ4v) is 3.99. The van der Waals surface area contributed by atoms with Crippen LogP contribution in [0.2, 0.25) is 0 Å². The minimum atomic E-state index is -3.26. The number of azide groups is 1. The number of rotatable bonds is 6. The maximum atomic E-state index is 12.0. The number of hydrogen-bond donors (Lipinski definition) is 1. The van der Waals surface area contributed by atoms with Crippen LogP contribution in [0.4, 0.5) is 0 Å². The summed E-state index contributed by atoms with van der Waals surface area (Å²) < 4.78 is 28.4. The number of hydrogen-bond acceptors (Lipinski definition) is 6. The van der Waals surface area contributed by atoms with E-state index in [0.29, 0.717) is 12.8 Å². The minimum Gasteiger partial charge on any atom is -0.465 e. The van der Waals surface area contributed by atoms with Gasteiger partial charge in [-0.05, 0) is 25.3 Å². The van der Waals surface area contributed by atoms with Gasteiger partial charge in [0, 0.05) is 18.0 Å². The van der Waals surface area contributed by atoms with Gasteiger partial charge in [0.05, 0.1) is 18.1 Å². The molecule has 0 aromatic carbocycles. The van der Waals surface area contributed by atoms with Crippen molar-refractivity contribution in [1.29, 1.82) is 0 Å². The van der Waals surface area contributed by atoms with Gasteiger partial charge in [0.15, 0.2) is 9.84 Å². The molecule has 1 unspecified atom stereocenters. The van der Waals surface area contributed by atoms with Gasteiger partial charge < -0.3 is 10.1 Å². The number of carbonyl (C=O) groups excluding carboxylic acids is 1. The third-order valence-electron chi connectivity index (χ3n) is 2.93. The number of nitrogens with one attached hydrogen (secondary N) is 1. The molecule has 0 radical (unpaired) electrons. The van der Waals surface area contributed by atoms with E-state index in [1.165, 1.54) is 0 Å². The molecule has 19 heavy (non-hydrogen) atoms. The highest BCUT2D eigenvalue weighted by Gasteiger charge is 2.45. The van der Waals surface area contributed by atoms with Gasteiger partial charge in [0.25, 0.3) is 0 Å². The molecule has 1 N–H and O–H groups in total. The van der Waals surface area contributed by atoms with Crippen LogP contribution in [0.15, 0.2) is 5.11 Å². The van der Waals surface area contributed by atoms with E-state index in [0.717, 1.165) is 0 Å². The zero-order valence-electron chi connectivity index (χ0n) is 10.8. The van der Waals surface area contributed by atoms with Crippen LogP contribution in [-0.2, 0) is 19.4 Å². The van der Waals surface area contributed by atoms with E-state index in [4.69, 9.17) is 10.3 Å². The van der Waals surface area contributed by atoms with Crippen molar-refractivity contribution >= 4 is 15.8 Å². The van der Waals surface area contributed by atoms with Gasteiger partial charge in [-0.1, -0.05) is 5.11 Å². The Morgan fingerprint density at radius 3 is 2.89 bits per heavy atom. The summed E-state index contributed by atoms with van der Waals surface area (Å²) in [5.41, 5.74) is 6.98. The van der Waals surface area contributed by atoms with E-state index in [9.17, 15) is 13.2 Å². The lowest BCUT2D eigenvalue weighted by Crippen LogP contribution is -2.60. The number of sulfone groups is 1. The molecule has 1 atom stereocenters. The molecule has 0 aliphatic carbocycles. The van der Waals surface area contributed by atoms with E-state index >= 15 is 0 Å². The van der Waals surface area contributed by atoms with E-state index in [1.54, 1.807) is 6.92 Å². The molecule has 1 aliphatic heterocycles. The molecule has 1 heterocycles. The van der Waals surface area contributed by atoms with Crippen molar-refractivity contribution in [2.75, 3.05) is 31.2 Å². The highest BCUT2D eigenvalue weighted by molar-refractivity contribution is 7.91. The highest BCUT2D eigenvalue weighted by atomic mass is 32.2. The third-order valence-corrected chi connectivity index (χ3v) is 4.77. The molecule has 0 saturated carbocycles. The quantitative estimate of drug-likeness (QED) is 0.249. The van der Waals surface area contributed by atoms with E-state index < -0.39 is 21.3 Å². The second-order valence-electron chi connectivity index (χ2n) is 4.38. The Labute approximate surface area is 112 Å². The van der Waals surface area contributed by atoms with Crippen LogP contribution in [0.3, 0.4) is 0 Å². The van der Waals surface area contributed by atoms with Gasteiger partial charge in [-0.3, -0.25) is 4.79 Å². The first kappa shape index (κ1) is 15.7. The SMILES string of the molecule is CCOC(=O)C1(NCCN=[N+]=[N-])CCCS(=O)(=O)C1. The van der Waals surface area contributed by atoms with Crippen LogP contribution in [0.25, 0.3) is 10.4 Å². The topological polar surface area (TPSA) is 121 Å². The molecular formula is C10H18N4O4S. The molecule has 1 rings (SSSR count). The lowest BCUT2D eigenvalue weighted by atomic mass is 9.95. The predicted octanol–water partition coefficient (Wildman–Crippen LogP) is 0.397. The minimum absolute atomic E-state index is 0.0895. The Balaban J connectivity index is 2.83. The summed E-state index contributed by atoms with van der Waals surface area (Å²) in [5.74, 6) is -0.736. The molecule has 9 heteroatoms. The first-order chi connectivity index (χ1) is 8.96. The average molecular weight is 290 g/mol. The average Bonchev–Trinajstić information content (AvgIpc) is 2.34. The Hall–Kier alpha value is -1.31. The van der Waals surface area contributed by atoms with Gasteiger partial charge in [-0.15, -0.1) is 0 Å². The van der Waals surface area contributed by atoms with Crippen LogP contribution in [0.1, 0.15) is 19.8 Å². The van der Waals surface area contributed by atoms with E-state index in [-0.39, 0.29) is 31.2 Å². The lowest BCUT2D eigenvalue weighted by Gasteiger charge is -2.35. The summed E-state index contributed by atoms with van der Waals surface area (Å²) in [6.45, 7) is 2.25. The highest BCUT2D eigenvalue weighted by Crippen LogP contribution is 2.24. The second kappa shape index (κ2) is 6.74. The molecule has 0 bridgehead atoms. The van der Waals surface area contributed by atoms with Crippen LogP contribution in [-0.4, -0.2) is 51.1 Å². The van der Waals surface area contributed by atoms with Gasteiger partial charge in [0.2, 0.25) is 0 Å². The summed E-state index contributed by atoms with van der Waals surface area (Å²) in [7, 11) is -3.26. The summed E-state index contributed by atoms with van der Waals surface area (Å²) >= 11 is 0. The monoisotopic (exact) mass is 290 g/mol. The number of esters is 1. The van der Waals surface area contributed by atoms with Gasteiger partial charge >= 0.3 is 5.97 Å². The van der Waals surface area contributed by atoms with Crippen molar-refractivity contribution in [3.63, 3.8) is 0 Å². The standard InChI is InChI=1S/C10H18N4O4S/c1-2-18-9(15)10(12-5-6-13-14-11)4-3-7-19(16,17)8-10/h12H,2-8H2,1H3. The Kier molecular flexibility index (Phi) is 5.59. The molecule has 0 aromatic heterocycles. The largest absolute Gasteiger partial charge is 0.465 e. The van der Waals surface area contributed by atoms with Crippen LogP contribution in [0, 0.1) is 0 Å². The molecule has 0 spiro atoms. The summed E-state index contributed by atoms with van der Waals surface area (Å²) in [6, 6.07) is 0. The van der Waals surface area contributed by atoms with Crippen molar-refractivity contribution in [1.82, 2.24) is 5.32 Å². The zero-order chi connectivity index (χ0) is 14.4. The first-order valence-corrected chi connectivity index (χ1v) is 7.91. The van der Waals surface area contributed by atoms with Gasteiger partial charge in [-0.2, -0.15) is 0 Å². The van der Waals surface area contributed by atoms with Crippen molar-refractivity contribution < 1.29 is 17.9 Å². The summed E-state index contributed by atoms with van der Waals surface area (Å²) in [6.07, 6.45) is 0.816.